The summed E-state index contributed by atoms with van der Waals surface area (Å²) in [5.41, 5.74) is 2.10. The molecule has 0 unspecified atom stereocenters. The van der Waals surface area contributed by atoms with E-state index in [0.717, 1.165) is 42.1 Å². The maximum Gasteiger partial charge on any atom is 0.118 e. The van der Waals surface area contributed by atoms with Crippen molar-refractivity contribution in [2.45, 2.75) is 33.1 Å². The molecule has 0 aromatic heterocycles. The molecule has 0 radical (unpaired) electrons. The molecule has 3 nitrogen and oxygen atoms in total. The average molecular weight is 337 g/mol. The molecule has 0 spiro atoms. The zero-order chi connectivity index (χ0) is 17.1. The van der Waals surface area contributed by atoms with E-state index in [4.69, 9.17) is 16.4 Å². The zero-order valence-electron chi connectivity index (χ0n) is 14.8. The number of rotatable bonds is 10. The van der Waals surface area contributed by atoms with Crippen LogP contribution >= 0.6 is 11.6 Å². The Morgan fingerprint density at radius 3 is 2.57 bits per heavy atom. The molecular weight excluding hydrogens is 308 g/mol. The van der Waals surface area contributed by atoms with Crippen LogP contribution < -0.4 is 0 Å². The lowest BCUT2D eigenvalue weighted by atomic mass is 10.0. The second kappa shape index (κ2) is 11.3. The van der Waals surface area contributed by atoms with Crippen LogP contribution in [0.25, 0.3) is 6.08 Å². The van der Waals surface area contributed by atoms with Gasteiger partial charge in [-0.3, -0.25) is 0 Å². The van der Waals surface area contributed by atoms with Crippen molar-refractivity contribution >= 4 is 23.4 Å². The Balaban J connectivity index is 2.58. The van der Waals surface area contributed by atoms with E-state index in [9.17, 15) is 0 Å². The summed E-state index contributed by atoms with van der Waals surface area (Å²) in [6.07, 6.45) is 7.10. The molecule has 0 amide bonds. The third kappa shape index (κ3) is 10.1. The first-order valence-electron chi connectivity index (χ1n) is 8.24. The molecule has 23 heavy (non-hydrogen) atoms. The van der Waals surface area contributed by atoms with E-state index in [-0.39, 0.29) is 0 Å². The summed E-state index contributed by atoms with van der Waals surface area (Å²) in [7, 11) is 4.12. The number of allylic oxidation sites excluding steroid dienone is 1. The summed E-state index contributed by atoms with van der Waals surface area (Å²) in [5, 5.41) is 5.06. The Kier molecular flexibility index (Phi) is 9.65. The summed E-state index contributed by atoms with van der Waals surface area (Å²) >= 11 is 5.91. The van der Waals surface area contributed by atoms with Crippen LogP contribution in [0.15, 0.2) is 35.5 Å². The minimum absolute atomic E-state index is 0.651. The van der Waals surface area contributed by atoms with Gasteiger partial charge in [0.25, 0.3) is 0 Å². The maximum atomic E-state index is 5.91. The van der Waals surface area contributed by atoms with Crippen molar-refractivity contribution in [3.63, 3.8) is 0 Å². The van der Waals surface area contributed by atoms with E-state index in [0.29, 0.717) is 12.5 Å². The molecule has 4 heteroatoms. The maximum absolute atomic E-state index is 5.91. The Morgan fingerprint density at radius 2 is 1.96 bits per heavy atom. The number of hydrogen-bond donors (Lipinski definition) is 0. The van der Waals surface area contributed by atoms with Crippen LogP contribution in [0.2, 0.25) is 5.02 Å². The van der Waals surface area contributed by atoms with E-state index in [2.05, 4.69) is 44.1 Å². The van der Waals surface area contributed by atoms with Crippen molar-refractivity contribution in [3.05, 3.63) is 40.9 Å². The highest BCUT2D eigenvalue weighted by molar-refractivity contribution is 6.30. The Morgan fingerprint density at radius 1 is 1.26 bits per heavy atom. The molecule has 0 bridgehead atoms. The third-order valence-electron chi connectivity index (χ3n) is 3.34. The van der Waals surface area contributed by atoms with Crippen molar-refractivity contribution in [2.75, 3.05) is 27.2 Å². The molecule has 0 heterocycles. The molecule has 0 fully saturated rings. The van der Waals surface area contributed by atoms with Gasteiger partial charge < -0.3 is 9.74 Å². The molecule has 0 saturated heterocycles. The van der Waals surface area contributed by atoms with Crippen LogP contribution in [-0.4, -0.2) is 37.9 Å². The monoisotopic (exact) mass is 336 g/mol. The number of nitrogens with zero attached hydrogens (tertiary/aromatic N) is 2. The molecule has 0 atom stereocenters. The van der Waals surface area contributed by atoms with Gasteiger partial charge in [-0.25, -0.2) is 0 Å². The second-order valence-corrected chi connectivity index (χ2v) is 6.83. The standard InChI is InChI=1S/C19H29ClN2O/c1-16(2)6-12-19(21-23-15-5-14-22(3)4)13-9-17-7-10-18(20)11-8-17/h7-11,13,16H,5-6,12,14-15H2,1-4H3/b13-9+,21-19+. The highest BCUT2D eigenvalue weighted by Crippen LogP contribution is 2.12. The van der Waals surface area contributed by atoms with E-state index in [1.165, 1.54) is 0 Å². The van der Waals surface area contributed by atoms with Gasteiger partial charge in [0, 0.05) is 11.6 Å². The highest BCUT2D eigenvalue weighted by Gasteiger charge is 2.00. The average Bonchev–Trinajstić information content (AvgIpc) is 2.50. The zero-order valence-corrected chi connectivity index (χ0v) is 15.5. The summed E-state index contributed by atoms with van der Waals surface area (Å²) in [6, 6.07) is 7.78. The smallest absolute Gasteiger partial charge is 0.118 e. The van der Waals surface area contributed by atoms with Gasteiger partial charge in [0.2, 0.25) is 0 Å². The quantitative estimate of drug-likeness (QED) is 0.337. The molecule has 0 N–H and O–H groups in total. The fourth-order valence-corrected chi connectivity index (χ4v) is 2.06. The van der Waals surface area contributed by atoms with E-state index in [1.807, 2.05) is 30.3 Å². The molecular formula is C19H29ClN2O. The fourth-order valence-electron chi connectivity index (χ4n) is 1.94. The first-order valence-corrected chi connectivity index (χ1v) is 8.62. The molecule has 1 aromatic carbocycles. The summed E-state index contributed by atoms with van der Waals surface area (Å²) in [4.78, 5) is 7.62. The van der Waals surface area contributed by atoms with E-state index < -0.39 is 0 Å². The van der Waals surface area contributed by atoms with Crippen LogP contribution in [0.5, 0.6) is 0 Å². The predicted molar refractivity (Wildman–Crippen MR) is 101 cm³/mol. The molecule has 1 aromatic rings. The lowest BCUT2D eigenvalue weighted by Gasteiger charge is -2.08. The summed E-state index contributed by atoms with van der Waals surface area (Å²) in [6.45, 7) is 6.10. The predicted octanol–water partition coefficient (Wildman–Crippen LogP) is 5.11. The first kappa shape index (κ1) is 19.7. The van der Waals surface area contributed by atoms with Crippen LogP contribution in [0, 0.1) is 5.92 Å². The van der Waals surface area contributed by atoms with E-state index in [1.54, 1.807) is 0 Å². The fraction of sp³-hybridized carbons (Fsp3) is 0.526. The molecule has 0 aliphatic heterocycles. The van der Waals surface area contributed by atoms with Gasteiger partial charge in [0.1, 0.15) is 6.61 Å². The summed E-state index contributed by atoms with van der Waals surface area (Å²) < 4.78 is 0. The molecule has 0 aliphatic carbocycles. The number of halogens is 1. The van der Waals surface area contributed by atoms with Crippen molar-refractivity contribution in [1.82, 2.24) is 4.90 Å². The van der Waals surface area contributed by atoms with Gasteiger partial charge in [-0.2, -0.15) is 0 Å². The Bertz CT molecular complexity index is 493. The van der Waals surface area contributed by atoms with E-state index >= 15 is 0 Å². The minimum Gasteiger partial charge on any atom is -0.396 e. The van der Waals surface area contributed by atoms with Crippen molar-refractivity contribution in [2.24, 2.45) is 11.1 Å². The van der Waals surface area contributed by atoms with Gasteiger partial charge in [-0.15, -0.1) is 0 Å². The number of benzene rings is 1. The third-order valence-corrected chi connectivity index (χ3v) is 3.59. The number of oxime groups is 1. The van der Waals surface area contributed by atoms with Crippen LogP contribution in [-0.2, 0) is 4.84 Å². The first-order chi connectivity index (χ1) is 11.0. The van der Waals surface area contributed by atoms with Crippen molar-refractivity contribution in [1.29, 1.82) is 0 Å². The lowest BCUT2D eigenvalue weighted by Crippen LogP contribution is -2.14. The lowest BCUT2D eigenvalue weighted by molar-refractivity contribution is 0.134. The van der Waals surface area contributed by atoms with Gasteiger partial charge >= 0.3 is 0 Å². The van der Waals surface area contributed by atoms with Crippen LogP contribution in [0.4, 0.5) is 0 Å². The summed E-state index contributed by atoms with van der Waals surface area (Å²) in [5.74, 6) is 0.651. The highest BCUT2D eigenvalue weighted by atomic mass is 35.5. The second-order valence-electron chi connectivity index (χ2n) is 6.39. The topological polar surface area (TPSA) is 24.8 Å². The largest absolute Gasteiger partial charge is 0.396 e. The van der Waals surface area contributed by atoms with Crippen LogP contribution in [0.3, 0.4) is 0 Å². The van der Waals surface area contributed by atoms with Gasteiger partial charge in [-0.1, -0.05) is 48.8 Å². The SMILES string of the molecule is CC(C)CCC(/C=C/c1ccc(Cl)cc1)=N\OCCCN(C)C. The Hall–Kier alpha value is -1.32. The minimum atomic E-state index is 0.651. The van der Waals surface area contributed by atoms with Crippen LogP contribution in [0.1, 0.15) is 38.7 Å². The number of hydrogen-bond acceptors (Lipinski definition) is 3. The van der Waals surface area contributed by atoms with Crippen molar-refractivity contribution in [3.8, 4) is 0 Å². The molecule has 1 rings (SSSR count). The Labute approximate surface area is 146 Å². The van der Waals surface area contributed by atoms with Gasteiger partial charge in [0.15, 0.2) is 0 Å². The van der Waals surface area contributed by atoms with Gasteiger partial charge in [0.05, 0.1) is 5.71 Å². The van der Waals surface area contributed by atoms with Crippen molar-refractivity contribution < 1.29 is 4.84 Å². The normalized spacial score (nSPS) is 12.6. The molecule has 0 aliphatic rings. The van der Waals surface area contributed by atoms with Gasteiger partial charge in [-0.05, 0) is 63.0 Å². The molecule has 0 saturated carbocycles. The molecule has 128 valence electrons.